The molecule has 2 atom stereocenters. The highest BCUT2D eigenvalue weighted by Gasteiger charge is 2.43. The molecule has 3 aliphatic heterocycles. The molecule has 7 heteroatoms. The van der Waals surface area contributed by atoms with Gasteiger partial charge < -0.3 is 9.74 Å². The summed E-state index contributed by atoms with van der Waals surface area (Å²) in [5, 5.41) is 0.627. The minimum absolute atomic E-state index is 0.109. The van der Waals surface area contributed by atoms with Crippen molar-refractivity contribution in [1.29, 1.82) is 0 Å². The zero-order chi connectivity index (χ0) is 21.4. The molecule has 2 aromatic carbocycles. The largest absolute Gasteiger partial charge is 0.434 e. The van der Waals surface area contributed by atoms with Crippen LogP contribution in [0.2, 0.25) is 0 Å². The van der Waals surface area contributed by atoms with Gasteiger partial charge in [-0.15, -0.1) is 5.06 Å². The maximum Gasteiger partial charge on any atom is 0.434 e. The first-order valence-corrected chi connectivity index (χ1v) is 10.8. The van der Waals surface area contributed by atoms with E-state index in [0.717, 1.165) is 19.6 Å². The van der Waals surface area contributed by atoms with E-state index in [2.05, 4.69) is 53.4 Å². The Morgan fingerprint density at radius 1 is 0.839 bits per heavy atom. The van der Waals surface area contributed by atoms with E-state index in [1.165, 1.54) is 16.7 Å². The average molecular weight is 419 g/mol. The predicted molar refractivity (Wildman–Crippen MR) is 113 cm³/mol. The van der Waals surface area contributed by atoms with Crippen molar-refractivity contribution < 1.29 is 19.2 Å². The van der Waals surface area contributed by atoms with E-state index in [1.807, 2.05) is 6.07 Å². The van der Waals surface area contributed by atoms with Crippen LogP contribution in [0.25, 0.3) is 11.1 Å². The van der Waals surface area contributed by atoms with E-state index < -0.39 is 17.9 Å². The molecule has 0 bridgehead atoms. The molecular formula is C24H25N3O4. The molecular weight excluding hydrogens is 394 g/mol. The minimum atomic E-state index is -0.597. The fourth-order valence-electron chi connectivity index (χ4n) is 4.90. The molecule has 2 aromatic rings. The SMILES string of the molecule is O=C(ON1C(=O)CCC1=O)N1CC2CN(Cc3cccc(-c4ccccc4)c3)CC2C1. The Labute approximate surface area is 181 Å². The third-order valence-electron chi connectivity index (χ3n) is 6.44. The van der Waals surface area contributed by atoms with E-state index in [9.17, 15) is 14.4 Å². The highest BCUT2D eigenvalue weighted by molar-refractivity contribution is 6.01. The monoisotopic (exact) mass is 419 g/mol. The second-order valence-corrected chi connectivity index (χ2v) is 8.62. The number of nitrogens with zero attached hydrogens (tertiary/aromatic N) is 3. The first-order chi connectivity index (χ1) is 15.1. The summed E-state index contributed by atoms with van der Waals surface area (Å²) >= 11 is 0. The van der Waals surface area contributed by atoms with E-state index in [4.69, 9.17) is 4.84 Å². The summed E-state index contributed by atoms with van der Waals surface area (Å²) in [6, 6.07) is 19.0. The van der Waals surface area contributed by atoms with Gasteiger partial charge in [0, 0.05) is 45.6 Å². The van der Waals surface area contributed by atoms with Crippen LogP contribution < -0.4 is 0 Å². The van der Waals surface area contributed by atoms with Crippen LogP contribution in [-0.2, 0) is 21.0 Å². The van der Waals surface area contributed by atoms with Crippen LogP contribution in [0.15, 0.2) is 54.6 Å². The predicted octanol–water partition coefficient (Wildman–Crippen LogP) is 2.92. The molecule has 3 fully saturated rings. The number of amides is 3. The summed E-state index contributed by atoms with van der Waals surface area (Å²) in [6.45, 7) is 3.92. The van der Waals surface area contributed by atoms with Crippen LogP contribution in [0.3, 0.4) is 0 Å². The highest BCUT2D eigenvalue weighted by Crippen LogP contribution is 2.33. The highest BCUT2D eigenvalue weighted by atomic mass is 16.7. The van der Waals surface area contributed by atoms with Crippen LogP contribution in [0, 0.1) is 11.8 Å². The van der Waals surface area contributed by atoms with Crippen molar-refractivity contribution in [2.45, 2.75) is 19.4 Å². The molecule has 0 radical (unpaired) electrons. The molecule has 3 aliphatic rings. The van der Waals surface area contributed by atoms with Gasteiger partial charge in [0.1, 0.15) is 0 Å². The molecule has 7 nitrogen and oxygen atoms in total. The van der Waals surface area contributed by atoms with Crippen molar-refractivity contribution in [2.24, 2.45) is 11.8 Å². The second kappa shape index (κ2) is 8.15. The van der Waals surface area contributed by atoms with E-state index in [-0.39, 0.29) is 12.8 Å². The van der Waals surface area contributed by atoms with Gasteiger partial charge in [-0.25, -0.2) is 4.79 Å². The van der Waals surface area contributed by atoms with Crippen molar-refractivity contribution in [1.82, 2.24) is 14.9 Å². The fraction of sp³-hybridized carbons (Fsp3) is 0.375. The van der Waals surface area contributed by atoms with Gasteiger partial charge in [-0.05, 0) is 34.6 Å². The minimum Gasteiger partial charge on any atom is -0.311 e. The summed E-state index contributed by atoms with van der Waals surface area (Å²) in [7, 11) is 0. The Morgan fingerprint density at radius 3 is 2.16 bits per heavy atom. The third kappa shape index (κ3) is 4.05. The van der Waals surface area contributed by atoms with Crippen molar-refractivity contribution in [3.63, 3.8) is 0 Å². The smallest absolute Gasteiger partial charge is 0.311 e. The summed E-state index contributed by atoms with van der Waals surface area (Å²) in [4.78, 5) is 44.9. The molecule has 0 spiro atoms. The van der Waals surface area contributed by atoms with Crippen LogP contribution in [0.5, 0.6) is 0 Å². The Hall–Kier alpha value is -3.19. The van der Waals surface area contributed by atoms with Crippen molar-refractivity contribution in [3.05, 3.63) is 60.2 Å². The number of imide groups is 1. The number of hydrogen-bond acceptors (Lipinski definition) is 5. The molecule has 2 unspecified atom stereocenters. The zero-order valence-corrected chi connectivity index (χ0v) is 17.3. The number of fused-ring (bicyclic) bond motifs is 1. The number of hydrogen-bond donors (Lipinski definition) is 0. The number of likely N-dealkylation sites (tertiary alicyclic amines) is 2. The lowest BCUT2D eigenvalue weighted by Gasteiger charge is -2.22. The van der Waals surface area contributed by atoms with E-state index in [0.29, 0.717) is 30.0 Å². The lowest BCUT2D eigenvalue weighted by atomic mass is 10.0. The molecule has 31 heavy (non-hydrogen) atoms. The molecule has 5 rings (SSSR count). The van der Waals surface area contributed by atoms with Crippen LogP contribution >= 0.6 is 0 Å². The number of benzene rings is 2. The van der Waals surface area contributed by atoms with Crippen LogP contribution in [-0.4, -0.2) is 58.9 Å². The first-order valence-electron chi connectivity index (χ1n) is 10.8. The molecule has 3 saturated heterocycles. The Morgan fingerprint density at radius 2 is 1.48 bits per heavy atom. The zero-order valence-electron chi connectivity index (χ0n) is 17.3. The summed E-state index contributed by atoms with van der Waals surface area (Å²) in [6.07, 6.45) is -0.379. The molecule has 0 saturated carbocycles. The summed E-state index contributed by atoms with van der Waals surface area (Å²) < 4.78 is 0. The quantitative estimate of drug-likeness (QED) is 0.713. The Balaban J connectivity index is 1.16. The van der Waals surface area contributed by atoms with Gasteiger partial charge >= 0.3 is 6.09 Å². The maximum absolute atomic E-state index is 12.4. The number of rotatable bonds is 4. The number of hydroxylamine groups is 2. The fourth-order valence-corrected chi connectivity index (χ4v) is 4.90. The number of carbonyl (C=O) groups is 3. The Bertz CT molecular complexity index is 979. The molecule has 3 amide bonds. The number of carbonyl (C=O) groups excluding carboxylic acids is 3. The van der Waals surface area contributed by atoms with Gasteiger partial charge in [-0.1, -0.05) is 48.5 Å². The normalized spacial score (nSPS) is 23.5. The second-order valence-electron chi connectivity index (χ2n) is 8.62. The van der Waals surface area contributed by atoms with Gasteiger partial charge in [0.2, 0.25) is 0 Å². The summed E-state index contributed by atoms with van der Waals surface area (Å²) in [5.74, 6) is -0.118. The molecule has 0 N–H and O–H groups in total. The van der Waals surface area contributed by atoms with Gasteiger partial charge in [0.25, 0.3) is 11.8 Å². The van der Waals surface area contributed by atoms with Crippen LogP contribution in [0.4, 0.5) is 4.79 Å². The van der Waals surface area contributed by atoms with Gasteiger partial charge in [-0.3, -0.25) is 14.5 Å². The van der Waals surface area contributed by atoms with Gasteiger partial charge in [0.05, 0.1) is 0 Å². The molecule has 0 aliphatic carbocycles. The first kappa shape index (κ1) is 19.8. The average Bonchev–Trinajstić information content (AvgIpc) is 3.44. The summed E-state index contributed by atoms with van der Waals surface area (Å²) in [5.41, 5.74) is 3.72. The standard InChI is InChI=1S/C24H25N3O4/c28-22-9-10-23(29)27(22)31-24(30)26-15-20-13-25(14-21(20)16-26)12-17-5-4-8-19(11-17)18-6-2-1-3-7-18/h1-8,11,20-21H,9-10,12-16H2. The lowest BCUT2D eigenvalue weighted by Crippen LogP contribution is -2.40. The molecule has 3 heterocycles. The topological polar surface area (TPSA) is 70.2 Å². The third-order valence-corrected chi connectivity index (χ3v) is 6.44. The maximum atomic E-state index is 12.4. The van der Waals surface area contributed by atoms with Gasteiger partial charge in [0.15, 0.2) is 0 Å². The lowest BCUT2D eigenvalue weighted by molar-refractivity contribution is -0.173. The molecule has 160 valence electrons. The van der Waals surface area contributed by atoms with Crippen molar-refractivity contribution >= 4 is 17.9 Å². The van der Waals surface area contributed by atoms with Crippen molar-refractivity contribution in [3.8, 4) is 11.1 Å². The Kier molecular flexibility index (Phi) is 5.19. The van der Waals surface area contributed by atoms with E-state index >= 15 is 0 Å². The van der Waals surface area contributed by atoms with Crippen LogP contribution in [0.1, 0.15) is 18.4 Å². The van der Waals surface area contributed by atoms with Gasteiger partial charge in [-0.2, -0.15) is 0 Å². The molecule has 0 aromatic heterocycles. The van der Waals surface area contributed by atoms with Crippen molar-refractivity contribution in [2.75, 3.05) is 26.2 Å². The van der Waals surface area contributed by atoms with E-state index in [1.54, 1.807) is 4.90 Å².